The molecular weight excluding hydrogens is 124 g/mol. The molecule has 0 aliphatic heterocycles. The first kappa shape index (κ1) is 9.92. The molecule has 10 heavy (non-hydrogen) atoms. The van der Waals surface area contributed by atoms with Crippen LogP contribution in [0.3, 0.4) is 0 Å². The smallest absolute Gasteiger partial charge is 0.00745 e. The molecule has 0 spiro atoms. The van der Waals surface area contributed by atoms with Gasteiger partial charge in [0.05, 0.1) is 0 Å². The summed E-state index contributed by atoms with van der Waals surface area (Å²) in [6, 6.07) is 0. The van der Waals surface area contributed by atoms with E-state index in [0.717, 1.165) is 19.6 Å². The lowest BCUT2D eigenvalue weighted by molar-refractivity contribution is 0.368. The van der Waals surface area contributed by atoms with E-state index in [4.69, 9.17) is 5.73 Å². The molecule has 0 aliphatic carbocycles. The highest BCUT2D eigenvalue weighted by Crippen LogP contribution is 2.16. The van der Waals surface area contributed by atoms with Crippen molar-refractivity contribution in [3.05, 3.63) is 0 Å². The van der Waals surface area contributed by atoms with Crippen LogP contribution in [0.25, 0.3) is 0 Å². The third-order valence-electron chi connectivity index (χ3n) is 1.37. The van der Waals surface area contributed by atoms with Crippen LogP contribution in [0.4, 0.5) is 0 Å². The molecule has 0 aromatic rings. The molecule has 0 saturated carbocycles. The first-order valence-corrected chi connectivity index (χ1v) is 3.97. The second-order valence-electron chi connectivity index (χ2n) is 3.85. The Bertz CT molecular complexity index is 73.8. The van der Waals surface area contributed by atoms with Crippen molar-refractivity contribution in [3.8, 4) is 0 Å². The van der Waals surface area contributed by atoms with Gasteiger partial charge in [-0.05, 0) is 18.4 Å². The summed E-state index contributed by atoms with van der Waals surface area (Å²) in [5.41, 5.74) is 5.76. The van der Waals surface area contributed by atoms with Gasteiger partial charge in [-0.1, -0.05) is 20.8 Å². The van der Waals surface area contributed by atoms with Gasteiger partial charge in [-0.3, -0.25) is 0 Å². The molecule has 0 heterocycles. The average Bonchev–Trinajstić information content (AvgIpc) is 1.78. The number of nitrogens with two attached hydrogens (primary N) is 1. The lowest BCUT2D eigenvalue weighted by Crippen LogP contribution is -2.26. The average molecular weight is 144 g/mol. The zero-order valence-corrected chi connectivity index (χ0v) is 7.41. The van der Waals surface area contributed by atoms with Crippen molar-refractivity contribution in [1.82, 2.24) is 5.32 Å². The Hall–Kier alpha value is -0.0800. The van der Waals surface area contributed by atoms with E-state index >= 15 is 0 Å². The lowest BCUT2D eigenvalue weighted by Gasteiger charge is -2.17. The fraction of sp³-hybridized carbons (Fsp3) is 1.00. The molecule has 0 unspecified atom stereocenters. The van der Waals surface area contributed by atoms with E-state index in [1.54, 1.807) is 0 Å². The summed E-state index contributed by atoms with van der Waals surface area (Å²) in [7, 11) is 0. The molecule has 0 amide bonds. The lowest BCUT2D eigenvalue weighted by atomic mass is 9.92. The molecule has 62 valence electrons. The summed E-state index contributed by atoms with van der Waals surface area (Å²) in [5, 5.41) is 3.27. The van der Waals surface area contributed by atoms with Gasteiger partial charge in [0, 0.05) is 13.1 Å². The summed E-state index contributed by atoms with van der Waals surface area (Å²) in [6.45, 7) is 9.51. The van der Waals surface area contributed by atoms with Gasteiger partial charge in [0.2, 0.25) is 0 Å². The maximum absolute atomic E-state index is 5.32. The van der Waals surface area contributed by atoms with Crippen molar-refractivity contribution in [2.24, 2.45) is 11.1 Å². The van der Waals surface area contributed by atoms with E-state index in [1.807, 2.05) is 0 Å². The monoisotopic (exact) mass is 144 g/mol. The first-order valence-electron chi connectivity index (χ1n) is 3.97. The maximum atomic E-state index is 5.32. The van der Waals surface area contributed by atoms with E-state index in [1.165, 1.54) is 6.42 Å². The molecule has 0 fully saturated rings. The third kappa shape index (κ3) is 7.92. The van der Waals surface area contributed by atoms with Crippen molar-refractivity contribution >= 4 is 0 Å². The molecule has 2 nitrogen and oxygen atoms in total. The fourth-order valence-electron chi connectivity index (χ4n) is 0.690. The van der Waals surface area contributed by atoms with Crippen molar-refractivity contribution in [2.45, 2.75) is 27.2 Å². The SMILES string of the molecule is CC(C)(C)CCNCCN. The van der Waals surface area contributed by atoms with Crippen molar-refractivity contribution in [1.29, 1.82) is 0 Å². The summed E-state index contributed by atoms with van der Waals surface area (Å²) in [4.78, 5) is 0. The Morgan fingerprint density at radius 3 is 2.20 bits per heavy atom. The summed E-state index contributed by atoms with van der Waals surface area (Å²) in [6.07, 6.45) is 1.22. The second kappa shape index (κ2) is 4.69. The molecule has 0 atom stereocenters. The van der Waals surface area contributed by atoms with E-state index < -0.39 is 0 Å². The molecule has 3 N–H and O–H groups in total. The van der Waals surface area contributed by atoms with Gasteiger partial charge in [0.15, 0.2) is 0 Å². The van der Waals surface area contributed by atoms with Crippen LogP contribution in [0.5, 0.6) is 0 Å². The zero-order chi connectivity index (χ0) is 8.04. The highest BCUT2D eigenvalue weighted by atomic mass is 14.9. The van der Waals surface area contributed by atoms with E-state index in [9.17, 15) is 0 Å². The number of hydrogen-bond acceptors (Lipinski definition) is 2. The van der Waals surface area contributed by atoms with Crippen LogP contribution in [0, 0.1) is 5.41 Å². The second-order valence-corrected chi connectivity index (χ2v) is 3.85. The van der Waals surface area contributed by atoms with Gasteiger partial charge >= 0.3 is 0 Å². The quantitative estimate of drug-likeness (QED) is 0.577. The predicted octanol–water partition coefficient (Wildman–Crippen LogP) is 0.971. The van der Waals surface area contributed by atoms with Gasteiger partial charge in [0.1, 0.15) is 0 Å². The van der Waals surface area contributed by atoms with Crippen molar-refractivity contribution < 1.29 is 0 Å². The number of hydrogen-bond donors (Lipinski definition) is 2. The predicted molar refractivity (Wildman–Crippen MR) is 46.0 cm³/mol. The highest BCUT2D eigenvalue weighted by Gasteiger charge is 2.07. The van der Waals surface area contributed by atoms with Crippen LogP contribution in [0.15, 0.2) is 0 Å². The molecule has 0 aromatic carbocycles. The van der Waals surface area contributed by atoms with E-state index in [0.29, 0.717) is 5.41 Å². The van der Waals surface area contributed by atoms with Crippen LogP contribution >= 0.6 is 0 Å². The summed E-state index contributed by atoms with van der Waals surface area (Å²) < 4.78 is 0. The Kier molecular flexibility index (Phi) is 4.65. The largest absolute Gasteiger partial charge is 0.329 e. The topological polar surface area (TPSA) is 38.0 Å². The van der Waals surface area contributed by atoms with Crippen LogP contribution in [0.1, 0.15) is 27.2 Å². The third-order valence-corrected chi connectivity index (χ3v) is 1.37. The molecule has 0 rings (SSSR count). The minimum atomic E-state index is 0.446. The minimum absolute atomic E-state index is 0.446. The number of rotatable bonds is 4. The first-order chi connectivity index (χ1) is 4.56. The zero-order valence-electron chi connectivity index (χ0n) is 7.41. The minimum Gasteiger partial charge on any atom is -0.329 e. The Balaban J connectivity index is 3.04. The van der Waals surface area contributed by atoms with E-state index in [-0.39, 0.29) is 0 Å². The van der Waals surface area contributed by atoms with Gasteiger partial charge in [0.25, 0.3) is 0 Å². The van der Waals surface area contributed by atoms with Crippen LogP contribution in [-0.4, -0.2) is 19.6 Å². The maximum Gasteiger partial charge on any atom is 0.00745 e. The molecule has 0 aromatic heterocycles. The number of nitrogens with one attached hydrogen (secondary N) is 1. The van der Waals surface area contributed by atoms with Gasteiger partial charge < -0.3 is 11.1 Å². The van der Waals surface area contributed by atoms with Gasteiger partial charge in [-0.25, -0.2) is 0 Å². The fourth-order valence-corrected chi connectivity index (χ4v) is 0.690. The van der Waals surface area contributed by atoms with Crippen LogP contribution in [0.2, 0.25) is 0 Å². The summed E-state index contributed by atoms with van der Waals surface area (Å²) >= 11 is 0. The van der Waals surface area contributed by atoms with E-state index in [2.05, 4.69) is 26.1 Å². The van der Waals surface area contributed by atoms with Gasteiger partial charge in [-0.2, -0.15) is 0 Å². The van der Waals surface area contributed by atoms with Gasteiger partial charge in [-0.15, -0.1) is 0 Å². The highest BCUT2D eigenvalue weighted by molar-refractivity contribution is 4.62. The molecule has 2 heteroatoms. The molecule has 0 aliphatic rings. The summed E-state index contributed by atoms with van der Waals surface area (Å²) in [5.74, 6) is 0. The Labute approximate surface area is 64.2 Å². The van der Waals surface area contributed by atoms with Crippen LogP contribution < -0.4 is 11.1 Å². The Morgan fingerprint density at radius 2 is 1.80 bits per heavy atom. The van der Waals surface area contributed by atoms with Crippen molar-refractivity contribution in [3.63, 3.8) is 0 Å². The van der Waals surface area contributed by atoms with Crippen LogP contribution in [-0.2, 0) is 0 Å². The standard InChI is InChI=1S/C8H20N2/c1-8(2,3)4-6-10-7-5-9/h10H,4-7,9H2,1-3H3. The molecule has 0 saturated heterocycles. The molecular formula is C8H20N2. The molecule has 0 radical (unpaired) electrons. The molecule has 0 bridgehead atoms. The normalized spacial score (nSPS) is 12.0. The Morgan fingerprint density at radius 1 is 1.20 bits per heavy atom. The van der Waals surface area contributed by atoms with Crippen molar-refractivity contribution in [2.75, 3.05) is 19.6 Å².